The zero-order valence-electron chi connectivity index (χ0n) is 17.6. The Labute approximate surface area is 176 Å². The minimum atomic E-state index is -0.171. The number of hydrogen-bond acceptors (Lipinski definition) is 5. The van der Waals surface area contributed by atoms with Gasteiger partial charge in [-0.2, -0.15) is 0 Å². The fourth-order valence-electron chi connectivity index (χ4n) is 4.50. The molecule has 2 aromatic heterocycles. The van der Waals surface area contributed by atoms with Gasteiger partial charge in [-0.3, -0.25) is 9.20 Å². The number of carbonyl (C=O) groups is 1. The number of piperidine rings is 1. The number of hydrogen-bond donors (Lipinski definition) is 2. The number of rotatable bonds is 4. The molecule has 0 bridgehead atoms. The van der Waals surface area contributed by atoms with Gasteiger partial charge in [-0.25, -0.2) is 9.97 Å². The number of nitrogens with zero attached hydrogens (tertiary/aromatic N) is 4. The monoisotopic (exact) mass is 404 g/mol. The predicted octanol–water partition coefficient (Wildman–Crippen LogP) is 4.07. The third-order valence-electron chi connectivity index (χ3n) is 6.56. The molecule has 3 aromatic rings. The summed E-state index contributed by atoms with van der Waals surface area (Å²) in [6.45, 7) is 6.10. The molecule has 1 saturated heterocycles. The van der Waals surface area contributed by atoms with E-state index >= 15 is 0 Å². The van der Waals surface area contributed by atoms with Gasteiger partial charge in [-0.1, -0.05) is 13.8 Å². The molecule has 5 rings (SSSR count). The Bertz CT molecular complexity index is 1100. The molecule has 2 fully saturated rings. The van der Waals surface area contributed by atoms with Crippen molar-refractivity contribution in [2.45, 2.75) is 45.4 Å². The molecule has 3 N–H and O–H groups in total. The molecule has 0 radical (unpaired) electrons. The summed E-state index contributed by atoms with van der Waals surface area (Å²) in [4.78, 5) is 24.6. The second-order valence-corrected chi connectivity index (χ2v) is 9.03. The summed E-state index contributed by atoms with van der Waals surface area (Å²) in [6.07, 6.45) is 8.73. The van der Waals surface area contributed by atoms with Gasteiger partial charge in [-0.15, -0.1) is 0 Å². The number of nitrogens with one attached hydrogen (secondary N) is 1. The number of imidazole rings is 1. The molecule has 1 amide bonds. The summed E-state index contributed by atoms with van der Waals surface area (Å²) in [7, 11) is 0. The van der Waals surface area contributed by atoms with Crippen LogP contribution in [0.15, 0.2) is 36.7 Å². The van der Waals surface area contributed by atoms with E-state index in [9.17, 15) is 4.79 Å². The van der Waals surface area contributed by atoms with Crippen molar-refractivity contribution < 1.29 is 4.79 Å². The van der Waals surface area contributed by atoms with E-state index in [-0.39, 0.29) is 11.8 Å². The molecule has 0 unspecified atom stereocenters. The molecule has 1 spiro atoms. The maximum absolute atomic E-state index is 13.2. The zero-order chi connectivity index (χ0) is 20.9. The quantitative estimate of drug-likeness (QED) is 0.640. The van der Waals surface area contributed by atoms with Gasteiger partial charge in [-0.05, 0) is 49.3 Å². The van der Waals surface area contributed by atoms with Crippen molar-refractivity contribution in [3.63, 3.8) is 0 Å². The van der Waals surface area contributed by atoms with Gasteiger partial charge < -0.3 is 16.0 Å². The summed E-state index contributed by atoms with van der Waals surface area (Å²) in [5.74, 6) is 1.41. The highest BCUT2D eigenvalue weighted by Crippen LogP contribution is 2.54. The van der Waals surface area contributed by atoms with Crippen LogP contribution in [0, 0.1) is 5.41 Å². The number of nitrogen functional groups attached to an aromatic ring is 1. The van der Waals surface area contributed by atoms with E-state index in [4.69, 9.17) is 5.73 Å². The highest BCUT2D eigenvalue weighted by Gasteiger charge is 2.44. The van der Waals surface area contributed by atoms with Crippen LogP contribution < -0.4 is 16.0 Å². The Morgan fingerprint density at radius 3 is 2.63 bits per heavy atom. The van der Waals surface area contributed by atoms with Crippen LogP contribution in [0.5, 0.6) is 0 Å². The molecule has 0 atom stereocenters. The van der Waals surface area contributed by atoms with E-state index in [1.807, 2.05) is 22.7 Å². The second kappa shape index (κ2) is 7.00. The molecular formula is C23H28N6O. The number of nitrogens with two attached hydrogens (primary N) is 1. The lowest BCUT2D eigenvalue weighted by Gasteiger charge is -2.35. The number of fused-ring (bicyclic) bond motifs is 1. The highest BCUT2D eigenvalue weighted by molar-refractivity contribution is 6.08. The van der Waals surface area contributed by atoms with Gasteiger partial charge >= 0.3 is 0 Å². The summed E-state index contributed by atoms with van der Waals surface area (Å²) in [6, 6.07) is 7.33. The smallest absolute Gasteiger partial charge is 0.258 e. The van der Waals surface area contributed by atoms with Gasteiger partial charge in [0.25, 0.3) is 5.91 Å². The number of amides is 1. The van der Waals surface area contributed by atoms with Gasteiger partial charge in [0.2, 0.25) is 0 Å². The Balaban J connectivity index is 1.43. The average Bonchev–Trinajstić information content (AvgIpc) is 3.30. The first-order valence-electron chi connectivity index (χ1n) is 10.7. The number of benzene rings is 1. The van der Waals surface area contributed by atoms with Crippen molar-refractivity contribution in [1.82, 2.24) is 14.4 Å². The first-order chi connectivity index (χ1) is 14.4. The Kier molecular flexibility index (Phi) is 4.41. The van der Waals surface area contributed by atoms with Gasteiger partial charge in [0.05, 0.1) is 11.3 Å². The van der Waals surface area contributed by atoms with E-state index in [0.29, 0.717) is 22.5 Å². The lowest BCUT2D eigenvalue weighted by atomic mass is 9.93. The largest absolute Gasteiger partial charge is 0.399 e. The van der Waals surface area contributed by atoms with Crippen LogP contribution in [0.2, 0.25) is 0 Å². The topological polar surface area (TPSA) is 88.5 Å². The molecule has 156 valence electrons. The Hall–Kier alpha value is -3.09. The second-order valence-electron chi connectivity index (χ2n) is 9.03. The third kappa shape index (κ3) is 3.38. The van der Waals surface area contributed by atoms with Crippen LogP contribution in [0.4, 0.5) is 17.2 Å². The first-order valence-corrected chi connectivity index (χ1v) is 10.7. The SMILES string of the molecule is CC(C)c1nc(NC(=O)c2ccc(N)cc2N2CCC3(CC2)CC3)cc2nccn12. The van der Waals surface area contributed by atoms with Crippen molar-refractivity contribution in [2.24, 2.45) is 5.41 Å². The summed E-state index contributed by atoms with van der Waals surface area (Å²) >= 11 is 0. The van der Waals surface area contributed by atoms with Crippen LogP contribution in [-0.2, 0) is 0 Å². The third-order valence-corrected chi connectivity index (χ3v) is 6.56. The van der Waals surface area contributed by atoms with Gasteiger partial charge in [0.1, 0.15) is 17.3 Å². The van der Waals surface area contributed by atoms with Crippen LogP contribution in [0.3, 0.4) is 0 Å². The van der Waals surface area contributed by atoms with Crippen molar-refractivity contribution in [2.75, 3.05) is 29.0 Å². The molecular weight excluding hydrogens is 376 g/mol. The van der Waals surface area contributed by atoms with Crippen LogP contribution in [-0.4, -0.2) is 33.4 Å². The average molecular weight is 405 g/mol. The van der Waals surface area contributed by atoms with E-state index in [1.54, 1.807) is 18.3 Å². The standard InChI is InChI=1S/C23H28N6O/c1-15(2)21-26-19(14-20-25-9-12-29(20)21)27-22(30)17-4-3-16(24)13-18(17)28-10-7-23(5-6-23)8-11-28/h3-4,9,12-15H,5-8,10-11,24H2,1-2H3,(H,27,30). The minimum absolute atomic E-state index is 0.171. The van der Waals surface area contributed by atoms with Gasteiger partial charge in [0.15, 0.2) is 0 Å². The van der Waals surface area contributed by atoms with Crippen LogP contribution in [0.1, 0.15) is 61.6 Å². The van der Waals surface area contributed by atoms with E-state index in [1.165, 1.54) is 25.7 Å². The number of anilines is 3. The zero-order valence-corrected chi connectivity index (χ0v) is 17.6. The lowest BCUT2D eigenvalue weighted by molar-refractivity contribution is 0.102. The van der Waals surface area contributed by atoms with Gasteiger partial charge in [0, 0.05) is 43.2 Å². The normalized spacial score (nSPS) is 17.6. The first kappa shape index (κ1) is 18.9. The van der Waals surface area contributed by atoms with Crippen molar-refractivity contribution in [1.29, 1.82) is 0 Å². The lowest BCUT2D eigenvalue weighted by Crippen LogP contribution is -2.35. The predicted molar refractivity (Wildman–Crippen MR) is 119 cm³/mol. The van der Waals surface area contributed by atoms with Crippen LogP contribution in [0.25, 0.3) is 5.65 Å². The Morgan fingerprint density at radius 1 is 1.17 bits per heavy atom. The fourth-order valence-corrected chi connectivity index (χ4v) is 4.50. The van der Waals surface area contributed by atoms with Crippen molar-refractivity contribution in [3.05, 3.63) is 48.0 Å². The molecule has 1 aromatic carbocycles. The van der Waals surface area contributed by atoms with E-state index in [2.05, 4.69) is 34.0 Å². The minimum Gasteiger partial charge on any atom is -0.399 e. The molecule has 1 aliphatic carbocycles. The fraction of sp³-hybridized carbons (Fsp3) is 0.435. The summed E-state index contributed by atoms with van der Waals surface area (Å²) in [5, 5.41) is 2.99. The van der Waals surface area contributed by atoms with E-state index in [0.717, 1.165) is 30.2 Å². The highest BCUT2D eigenvalue weighted by atomic mass is 16.1. The number of aromatic nitrogens is 3. The molecule has 1 saturated carbocycles. The van der Waals surface area contributed by atoms with Crippen LogP contribution >= 0.6 is 0 Å². The Morgan fingerprint density at radius 2 is 1.93 bits per heavy atom. The summed E-state index contributed by atoms with van der Waals surface area (Å²) in [5.41, 5.74) is 9.64. The molecule has 7 nitrogen and oxygen atoms in total. The van der Waals surface area contributed by atoms with Crippen molar-refractivity contribution >= 4 is 28.7 Å². The maximum Gasteiger partial charge on any atom is 0.258 e. The molecule has 7 heteroatoms. The molecule has 30 heavy (non-hydrogen) atoms. The number of carbonyl (C=O) groups excluding carboxylic acids is 1. The molecule has 2 aliphatic rings. The van der Waals surface area contributed by atoms with E-state index < -0.39 is 0 Å². The molecule has 1 aliphatic heterocycles. The summed E-state index contributed by atoms with van der Waals surface area (Å²) < 4.78 is 1.95. The van der Waals surface area contributed by atoms with Crippen molar-refractivity contribution in [3.8, 4) is 0 Å². The molecule has 3 heterocycles. The maximum atomic E-state index is 13.2.